The zero-order chi connectivity index (χ0) is 10.4. The highest BCUT2D eigenvalue weighted by Crippen LogP contribution is 2.03. The Balaban J connectivity index is 2.31. The molecule has 1 unspecified atom stereocenters. The van der Waals surface area contributed by atoms with E-state index in [1.165, 1.54) is 11.1 Å². The molecule has 2 heteroatoms. The van der Waals surface area contributed by atoms with Crippen molar-refractivity contribution in [3.63, 3.8) is 0 Å². The third kappa shape index (κ3) is 4.12. The van der Waals surface area contributed by atoms with Crippen molar-refractivity contribution < 1.29 is 0 Å². The summed E-state index contributed by atoms with van der Waals surface area (Å²) in [6.07, 6.45) is 0. The summed E-state index contributed by atoms with van der Waals surface area (Å²) in [5, 5.41) is 3.40. The van der Waals surface area contributed by atoms with Crippen LogP contribution in [-0.2, 0) is 6.54 Å². The predicted molar refractivity (Wildman–Crippen MR) is 62.8 cm³/mol. The van der Waals surface area contributed by atoms with Gasteiger partial charge in [0.15, 0.2) is 0 Å². The molecule has 78 valence electrons. The molecule has 1 nitrogen and oxygen atoms in total. The summed E-state index contributed by atoms with van der Waals surface area (Å²) in [6, 6.07) is 8.56. The molecule has 1 atom stereocenters. The third-order valence-corrected chi connectivity index (χ3v) is 2.69. The van der Waals surface area contributed by atoms with Gasteiger partial charge in [-0.2, -0.15) is 0 Å². The Labute approximate surface area is 91.5 Å². The third-order valence-electron chi connectivity index (χ3n) is 2.17. The molecule has 1 rings (SSSR count). The van der Waals surface area contributed by atoms with Crippen LogP contribution in [-0.4, -0.2) is 12.4 Å². The second-order valence-corrected chi connectivity index (χ2v) is 4.19. The highest BCUT2D eigenvalue weighted by atomic mass is 35.5. The SMILES string of the molecule is Cc1cccc(CNCC(C)CCl)c1. The van der Waals surface area contributed by atoms with E-state index in [4.69, 9.17) is 11.6 Å². The van der Waals surface area contributed by atoms with Crippen molar-refractivity contribution in [2.75, 3.05) is 12.4 Å². The smallest absolute Gasteiger partial charge is 0.0261 e. The molecule has 1 aromatic rings. The summed E-state index contributed by atoms with van der Waals surface area (Å²) >= 11 is 5.72. The molecular weight excluding hydrogens is 194 g/mol. The Hall–Kier alpha value is -0.530. The molecule has 0 amide bonds. The molecule has 0 saturated carbocycles. The van der Waals surface area contributed by atoms with Crippen LogP contribution < -0.4 is 5.32 Å². The van der Waals surface area contributed by atoms with E-state index in [2.05, 4.69) is 43.4 Å². The average molecular weight is 212 g/mol. The van der Waals surface area contributed by atoms with Crippen LogP contribution in [0.15, 0.2) is 24.3 Å². The Morgan fingerprint density at radius 2 is 2.21 bits per heavy atom. The maximum Gasteiger partial charge on any atom is 0.0261 e. The fourth-order valence-corrected chi connectivity index (χ4v) is 1.45. The number of rotatable bonds is 5. The molecule has 14 heavy (non-hydrogen) atoms. The summed E-state index contributed by atoms with van der Waals surface area (Å²) in [5.41, 5.74) is 2.65. The lowest BCUT2D eigenvalue weighted by molar-refractivity contribution is 0.557. The van der Waals surface area contributed by atoms with Gasteiger partial charge in [-0.15, -0.1) is 11.6 Å². The Bertz CT molecular complexity index is 273. The zero-order valence-electron chi connectivity index (χ0n) is 8.89. The van der Waals surface area contributed by atoms with Crippen LogP contribution in [0.1, 0.15) is 18.1 Å². The van der Waals surface area contributed by atoms with Crippen molar-refractivity contribution in [2.45, 2.75) is 20.4 Å². The number of nitrogens with one attached hydrogen (secondary N) is 1. The van der Waals surface area contributed by atoms with E-state index in [0.29, 0.717) is 5.92 Å². The first-order chi connectivity index (χ1) is 6.72. The van der Waals surface area contributed by atoms with E-state index in [1.54, 1.807) is 0 Å². The molecule has 0 bridgehead atoms. The molecule has 0 spiro atoms. The monoisotopic (exact) mass is 211 g/mol. The van der Waals surface area contributed by atoms with Crippen molar-refractivity contribution in [2.24, 2.45) is 5.92 Å². The van der Waals surface area contributed by atoms with Crippen molar-refractivity contribution in [1.29, 1.82) is 0 Å². The van der Waals surface area contributed by atoms with E-state index < -0.39 is 0 Å². The van der Waals surface area contributed by atoms with Gasteiger partial charge < -0.3 is 5.32 Å². The van der Waals surface area contributed by atoms with Gasteiger partial charge in [0.05, 0.1) is 0 Å². The molecule has 0 fully saturated rings. The molecule has 0 aliphatic rings. The normalized spacial score (nSPS) is 12.8. The molecule has 0 saturated heterocycles. The molecule has 0 aliphatic carbocycles. The molecule has 0 aromatic heterocycles. The minimum atomic E-state index is 0.543. The first-order valence-electron chi connectivity index (χ1n) is 5.04. The lowest BCUT2D eigenvalue weighted by Gasteiger charge is -2.09. The maximum absolute atomic E-state index is 5.72. The Kier molecular flexibility index (Phi) is 4.99. The summed E-state index contributed by atoms with van der Waals surface area (Å²) in [5.74, 6) is 1.27. The fraction of sp³-hybridized carbons (Fsp3) is 0.500. The largest absolute Gasteiger partial charge is 0.312 e. The van der Waals surface area contributed by atoms with Gasteiger partial charge in [0.25, 0.3) is 0 Å². The van der Waals surface area contributed by atoms with Crippen LogP contribution in [0.5, 0.6) is 0 Å². The second kappa shape index (κ2) is 6.05. The van der Waals surface area contributed by atoms with Crippen molar-refractivity contribution >= 4 is 11.6 Å². The number of hydrogen-bond acceptors (Lipinski definition) is 1. The second-order valence-electron chi connectivity index (χ2n) is 3.88. The van der Waals surface area contributed by atoms with Gasteiger partial charge in [0.2, 0.25) is 0 Å². The van der Waals surface area contributed by atoms with Gasteiger partial charge in [-0.25, -0.2) is 0 Å². The van der Waals surface area contributed by atoms with Crippen LogP contribution in [0.25, 0.3) is 0 Å². The van der Waals surface area contributed by atoms with Crippen LogP contribution in [0.3, 0.4) is 0 Å². The van der Waals surface area contributed by atoms with Crippen LogP contribution in [0.4, 0.5) is 0 Å². The van der Waals surface area contributed by atoms with Crippen molar-refractivity contribution in [1.82, 2.24) is 5.32 Å². The lowest BCUT2D eigenvalue weighted by atomic mass is 10.1. The molecule has 1 N–H and O–H groups in total. The van der Waals surface area contributed by atoms with Gasteiger partial charge in [-0.05, 0) is 24.9 Å². The topological polar surface area (TPSA) is 12.0 Å². The van der Waals surface area contributed by atoms with Crippen LogP contribution in [0, 0.1) is 12.8 Å². The zero-order valence-corrected chi connectivity index (χ0v) is 9.64. The highest BCUT2D eigenvalue weighted by molar-refractivity contribution is 6.18. The maximum atomic E-state index is 5.72. The number of hydrogen-bond donors (Lipinski definition) is 1. The van der Waals surface area contributed by atoms with E-state index in [0.717, 1.165) is 19.0 Å². The Morgan fingerprint density at radius 3 is 2.86 bits per heavy atom. The first-order valence-corrected chi connectivity index (χ1v) is 5.58. The number of halogens is 1. The lowest BCUT2D eigenvalue weighted by Crippen LogP contribution is -2.21. The van der Waals surface area contributed by atoms with Crippen molar-refractivity contribution in [3.8, 4) is 0 Å². The molecule has 0 radical (unpaired) electrons. The van der Waals surface area contributed by atoms with Crippen LogP contribution in [0.2, 0.25) is 0 Å². The van der Waals surface area contributed by atoms with Gasteiger partial charge in [-0.3, -0.25) is 0 Å². The van der Waals surface area contributed by atoms with E-state index in [1.807, 2.05) is 0 Å². The minimum absolute atomic E-state index is 0.543. The molecular formula is C12H18ClN. The predicted octanol–water partition coefficient (Wildman–Crippen LogP) is 2.96. The standard InChI is InChI=1S/C12H18ClN/c1-10-4-3-5-12(6-10)9-14-8-11(2)7-13/h3-6,11,14H,7-9H2,1-2H3. The molecule has 0 heterocycles. The van der Waals surface area contributed by atoms with E-state index in [9.17, 15) is 0 Å². The quantitative estimate of drug-likeness (QED) is 0.739. The summed E-state index contributed by atoms with van der Waals surface area (Å²) in [7, 11) is 0. The number of aryl methyl sites for hydroxylation is 1. The van der Waals surface area contributed by atoms with Crippen LogP contribution >= 0.6 is 11.6 Å². The van der Waals surface area contributed by atoms with E-state index >= 15 is 0 Å². The molecule has 0 aliphatic heterocycles. The van der Waals surface area contributed by atoms with Gasteiger partial charge in [-0.1, -0.05) is 36.8 Å². The minimum Gasteiger partial charge on any atom is -0.312 e. The fourth-order valence-electron chi connectivity index (χ4n) is 1.34. The van der Waals surface area contributed by atoms with Gasteiger partial charge in [0, 0.05) is 12.4 Å². The molecule has 1 aromatic carbocycles. The summed E-state index contributed by atoms with van der Waals surface area (Å²) in [4.78, 5) is 0. The highest BCUT2D eigenvalue weighted by Gasteiger charge is 1.98. The van der Waals surface area contributed by atoms with E-state index in [-0.39, 0.29) is 0 Å². The number of alkyl halides is 1. The van der Waals surface area contributed by atoms with Gasteiger partial charge >= 0.3 is 0 Å². The summed E-state index contributed by atoms with van der Waals surface area (Å²) in [6.45, 7) is 6.18. The average Bonchev–Trinajstić information content (AvgIpc) is 2.17. The first kappa shape index (κ1) is 11.5. The Morgan fingerprint density at radius 1 is 1.43 bits per heavy atom. The number of benzene rings is 1. The van der Waals surface area contributed by atoms with Gasteiger partial charge in [0.1, 0.15) is 0 Å². The summed E-state index contributed by atoms with van der Waals surface area (Å²) < 4.78 is 0. The van der Waals surface area contributed by atoms with Crippen molar-refractivity contribution in [3.05, 3.63) is 35.4 Å².